The summed E-state index contributed by atoms with van der Waals surface area (Å²) in [5, 5.41) is 3.58. The quantitative estimate of drug-likeness (QED) is 0.572. The molecule has 0 bridgehead atoms. The number of ether oxygens (including phenoxy) is 1. The Labute approximate surface area is 181 Å². The second-order valence-corrected chi connectivity index (χ2v) is 7.37. The molecule has 1 N–H and O–H groups in total. The van der Waals surface area contributed by atoms with Crippen LogP contribution < -0.4 is 10.1 Å². The molecule has 154 valence electrons. The zero-order valence-electron chi connectivity index (χ0n) is 16.9. The molecule has 5 nitrogen and oxygen atoms in total. The number of benzene rings is 3. The number of halogens is 1. The fourth-order valence-electron chi connectivity index (χ4n) is 2.86. The van der Waals surface area contributed by atoms with Gasteiger partial charge in [-0.25, -0.2) is 0 Å². The summed E-state index contributed by atoms with van der Waals surface area (Å²) in [7, 11) is 1.72. The summed E-state index contributed by atoms with van der Waals surface area (Å²) < 4.78 is 5.81. The average molecular weight is 423 g/mol. The van der Waals surface area contributed by atoms with Crippen molar-refractivity contribution < 1.29 is 14.3 Å². The third kappa shape index (κ3) is 5.84. The highest BCUT2D eigenvalue weighted by Crippen LogP contribution is 2.20. The van der Waals surface area contributed by atoms with Crippen molar-refractivity contribution in [1.82, 2.24) is 4.90 Å². The number of hydrogen-bond acceptors (Lipinski definition) is 3. The zero-order chi connectivity index (χ0) is 21.5. The molecule has 2 amide bonds. The Bertz CT molecular complexity index is 1050. The fraction of sp³-hybridized carbons (Fsp3) is 0.167. The molecule has 0 spiro atoms. The Morgan fingerprint density at radius 1 is 1.00 bits per heavy atom. The molecule has 3 rings (SSSR count). The topological polar surface area (TPSA) is 58.6 Å². The number of rotatable bonds is 7. The van der Waals surface area contributed by atoms with Crippen molar-refractivity contribution in [3.05, 3.63) is 94.5 Å². The van der Waals surface area contributed by atoms with Gasteiger partial charge in [0.2, 0.25) is 5.91 Å². The Balaban J connectivity index is 1.69. The number of para-hydroxylation sites is 1. The molecule has 0 aliphatic heterocycles. The Morgan fingerprint density at radius 2 is 1.77 bits per heavy atom. The average Bonchev–Trinajstić information content (AvgIpc) is 2.74. The van der Waals surface area contributed by atoms with E-state index in [9.17, 15) is 9.59 Å². The number of hydrogen-bond donors (Lipinski definition) is 1. The second-order valence-electron chi connectivity index (χ2n) is 6.93. The Kier molecular flexibility index (Phi) is 7.09. The van der Waals surface area contributed by atoms with Gasteiger partial charge in [0.1, 0.15) is 12.4 Å². The number of nitrogens with one attached hydrogen (secondary N) is 1. The van der Waals surface area contributed by atoms with Crippen molar-refractivity contribution in [2.24, 2.45) is 0 Å². The summed E-state index contributed by atoms with van der Waals surface area (Å²) in [5.41, 5.74) is 2.95. The molecule has 0 aromatic heterocycles. The van der Waals surface area contributed by atoms with Gasteiger partial charge in [-0.05, 0) is 47.5 Å². The molecule has 0 fully saturated rings. The maximum Gasteiger partial charge on any atom is 0.255 e. The van der Waals surface area contributed by atoms with E-state index in [1.807, 2.05) is 48.5 Å². The number of carbonyl (C=O) groups excluding carboxylic acids is 2. The van der Waals surface area contributed by atoms with E-state index in [1.54, 1.807) is 36.2 Å². The highest BCUT2D eigenvalue weighted by atomic mass is 35.5. The van der Waals surface area contributed by atoms with Gasteiger partial charge in [0, 0.05) is 36.8 Å². The summed E-state index contributed by atoms with van der Waals surface area (Å²) in [5.74, 6) is 0.300. The minimum atomic E-state index is -0.249. The predicted octanol–water partition coefficient (Wildman–Crippen LogP) is 5.15. The monoisotopic (exact) mass is 422 g/mol. The number of anilines is 1. The molecular formula is C24H23ClN2O3. The van der Waals surface area contributed by atoms with E-state index in [-0.39, 0.29) is 11.8 Å². The van der Waals surface area contributed by atoms with Crippen LogP contribution in [0.4, 0.5) is 5.69 Å². The summed E-state index contributed by atoms with van der Waals surface area (Å²) in [4.78, 5) is 25.9. The van der Waals surface area contributed by atoms with Gasteiger partial charge in [0.25, 0.3) is 5.91 Å². The minimum absolute atomic E-state index is 0.0410. The van der Waals surface area contributed by atoms with Crippen LogP contribution in [0.15, 0.2) is 72.8 Å². The van der Waals surface area contributed by atoms with Gasteiger partial charge >= 0.3 is 0 Å². The van der Waals surface area contributed by atoms with Gasteiger partial charge in [-0.2, -0.15) is 0 Å². The summed E-state index contributed by atoms with van der Waals surface area (Å²) in [6.45, 7) is 2.27. The van der Waals surface area contributed by atoms with Gasteiger partial charge in [-0.3, -0.25) is 9.59 Å². The zero-order valence-corrected chi connectivity index (χ0v) is 17.6. The fourth-order valence-corrected chi connectivity index (χ4v) is 3.07. The van der Waals surface area contributed by atoms with E-state index < -0.39 is 0 Å². The molecule has 0 unspecified atom stereocenters. The van der Waals surface area contributed by atoms with E-state index in [1.165, 1.54) is 6.92 Å². The molecular weight excluding hydrogens is 400 g/mol. The SMILES string of the molecule is CC(=O)N(C)Cc1ccccc1NC(=O)c1cccc(OCc2cccc(Cl)c2)c1. The van der Waals surface area contributed by atoms with Crippen LogP contribution in [0, 0.1) is 0 Å². The van der Waals surface area contributed by atoms with Crippen LogP contribution in [-0.4, -0.2) is 23.8 Å². The van der Waals surface area contributed by atoms with Gasteiger partial charge in [-0.15, -0.1) is 0 Å². The van der Waals surface area contributed by atoms with Gasteiger partial charge < -0.3 is 15.0 Å². The van der Waals surface area contributed by atoms with Crippen LogP contribution in [-0.2, 0) is 17.9 Å². The van der Waals surface area contributed by atoms with Crippen LogP contribution in [0.3, 0.4) is 0 Å². The van der Waals surface area contributed by atoms with Crippen molar-refractivity contribution >= 4 is 29.1 Å². The van der Waals surface area contributed by atoms with Crippen molar-refractivity contribution in [3.63, 3.8) is 0 Å². The molecule has 30 heavy (non-hydrogen) atoms. The highest BCUT2D eigenvalue weighted by Gasteiger charge is 2.12. The molecule has 3 aromatic rings. The largest absolute Gasteiger partial charge is 0.489 e. The predicted molar refractivity (Wildman–Crippen MR) is 119 cm³/mol. The van der Waals surface area contributed by atoms with Crippen molar-refractivity contribution in [3.8, 4) is 5.75 Å². The van der Waals surface area contributed by atoms with Crippen LogP contribution in [0.1, 0.15) is 28.4 Å². The second kappa shape index (κ2) is 9.94. The van der Waals surface area contributed by atoms with E-state index >= 15 is 0 Å². The van der Waals surface area contributed by atoms with Gasteiger partial charge in [0.15, 0.2) is 0 Å². The first-order chi connectivity index (χ1) is 14.4. The third-order valence-electron chi connectivity index (χ3n) is 4.60. The van der Waals surface area contributed by atoms with Crippen LogP contribution in [0.5, 0.6) is 5.75 Å². The first kappa shape index (κ1) is 21.4. The molecule has 0 aliphatic carbocycles. The smallest absolute Gasteiger partial charge is 0.255 e. The first-order valence-electron chi connectivity index (χ1n) is 9.50. The van der Waals surface area contributed by atoms with E-state index in [0.29, 0.717) is 35.2 Å². The maximum absolute atomic E-state index is 12.8. The molecule has 0 aliphatic rings. The number of nitrogens with zero attached hydrogens (tertiary/aromatic N) is 1. The van der Waals surface area contributed by atoms with Crippen molar-refractivity contribution in [2.45, 2.75) is 20.1 Å². The van der Waals surface area contributed by atoms with Crippen molar-refractivity contribution in [2.75, 3.05) is 12.4 Å². The molecule has 0 heterocycles. The standard InChI is InChI=1S/C24H23ClN2O3/c1-17(28)27(2)15-20-8-3-4-12-23(20)26-24(29)19-9-6-11-22(14-19)30-16-18-7-5-10-21(25)13-18/h3-14H,15-16H2,1-2H3,(H,26,29). The Hall–Kier alpha value is -3.31. The lowest BCUT2D eigenvalue weighted by Crippen LogP contribution is -2.24. The Morgan fingerprint density at radius 3 is 2.53 bits per heavy atom. The maximum atomic E-state index is 12.8. The molecule has 0 atom stereocenters. The van der Waals surface area contributed by atoms with Gasteiger partial charge in [-0.1, -0.05) is 48.0 Å². The van der Waals surface area contributed by atoms with Gasteiger partial charge in [0.05, 0.1) is 0 Å². The first-order valence-corrected chi connectivity index (χ1v) is 9.88. The molecule has 0 saturated carbocycles. The molecule has 0 saturated heterocycles. The molecule has 3 aromatic carbocycles. The number of carbonyl (C=O) groups is 2. The highest BCUT2D eigenvalue weighted by molar-refractivity contribution is 6.30. The summed E-state index contributed by atoms with van der Waals surface area (Å²) >= 11 is 6.00. The third-order valence-corrected chi connectivity index (χ3v) is 4.84. The molecule has 0 radical (unpaired) electrons. The molecule has 6 heteroatoms. The normalized spacial score (nSPS) is 10.4. The lowest BCUT2D eigenvalue weighted by molar-refractivity contribution is -0.128. The van der Waals surface area contributed by atoms with E-state index in [2.05, 4.69) is 5.32 Å². The lowest BCUT2D eigenvalue weighted by atomic mass is 10.1. The van der Waals surface area contributed by atoms with Crippen molar-refractivity contribution in [1.29, 1.82) is 0 Å². The minimum Gasteiger partial charge on any atom is -0.489 e. The van der Waals surface area contributed by atoms with Crippen LogP contribution in [0.25, 0.3) is 0 Å². The number of amides is 2. The van der Waals surface area contributed by atoms with E-state index in [0.717, 1.165) is 11.1 Å². The summed E-state index contributed by atoms with van der Waals surface area (Å²) in [6, 6.07) is 21.9. The van der Waals surface area contributed by atoms with Crippen LogP contribution >= 0.6 is 11.6 Å². The lowest BCUT2D eigenvalue weighted by Gasteiger charge is -2.18. The van der Waals surface area contributed by atoms with Crippen LogP contribution in [0.2, 0.25) is 5.02 Å². The summed E-state index contributed by atoms with van der Waals surface area (Å²) in [6.07, 6.45) is 0. The van der Waals surface area contributed by atoms with E-state index in [4.69, 9.17) is 16.3 Å².